The molecule has 4 aromatic rings. The van der Waals surface area contributed by atoms with Crippen molar-refractivity contribution in [2.45, 2.75) is 39.3 Å². The van der Waals surface area contributed by atoms with Crippen LogP contribution in [0.1, 0.15) is 46.7 Å². The van der Waals surface area contributed by atoms with Crippen molar-refractivity contribution in [2.24, 2.45) is 0 Å². The standard InChI is InChI=1S/C31H31N5O3S/c1-19-7-6-8-22(15-19)33-28(37)12-14-35-30(29(34-31(35)40)25-9-4-5-13-32-25)24-16-20(2)36(21(24)3)23-10-11-26-27(17-23)39-18-38-26/h4-11,13,15-17,29-30H,12,14,18H2,1-3H3,(H,33,37)(H,34,40)/t29-,30-/m1/s1. The zero-order chi connectivity index (χ0) is 27.8. The number of hydrogen-bond acceptors (Lipinski definition) is 5. The summed E-state index contributed by atoms with van der Waals surface area (Å²) in [5.41, 5.74) is 7.08. The third-order valence-corrected chi connectivity index (χ3v) is 7.84. The molecule has 0 radical (unpaired) electrons. The maximum absolute atomic E-state index is 12.9. The monoisotopic (exact) mass is 553 g/mol. The van der Waals surface area contributed by atoms with Crippen LogP contribution >= 0.6 is 12.2 Å². The maximum atomic E-state index is 12.9. The molecular formula is C31H31N5O3S. The van der Waals surface area contributed by atoms with Gasteiger partial charge in [-0.2, -0.15) is 0 Å². The molecular weight excluding hydrogens is 522 g/mol. The molecule has 1 fully saturated rings. The number of benzene rings is 2. The molecule has 8 nitrogen and oxygen atoms in total. The Bertz CT molecular complexity index is 1590. The van der Waals surface area contributed by atoms with E-state index in [1.807, 2.05) is 67.6 Å². The molecule has 9 heteroatoms. The minimum absolute atomic E-state index is 0.0562. The summed E-state index contributed by atoms with van der Waals surface area (Å²) in [7, 11) is 0. The fourth-order valence-electron chi connectivity index (χ4n) is 5.66. The summed E-state index contributed by atoms with van der Waals surface area (Å²) in [6.07, 6.45) is 2.09. The highest BCUT2D eigenvalue weighted by atomic mass is 32.1. The first kappa shape index (κ1) is 25.9. The fourth-order valence-corrected chi connectivity index (χ4v) is 5.99. The SMILES string of the molecule is Cc1cccc(NC(=O)CCN2C(=S)N[C@H](c3ccccn3)[C@H]2c2cc(C)n(-c3ccc4c(c3)OCO4)c2C)c1. The molecule has 2 aliphatic rings. The number of anilines is 1. The van der Waals surface area contributed by atoms with Crippen LogP contribution in [0.4, 0.5) is 5.69 Å². The molecule has 1 saturated heterocycles. The van der Waals surface area contributed by atoms with Gasteiger partial charge in [0.15, 0.2) is 16.6 Å². The van der Waals surface area contributed by atoms with E-state index >= 15 is 0 Å². The zero-order valence-corrected chi connectivity index (χ0v) is 23.5. The van der Waals surface area contributed by atoms with Crippen LogP contribution in [0.2, 0.25) is 0 Å². The average molecular weight is 554 g/mol. The lowest BCUT2D eigenvalue weighted by Crippen LogP contribution is -2.32. The molecule has 40 heavy (non-hydrogen) atoms. The van der Waals surface area contributed by atoms with Crippen molar-refractivity contribution in [3.63, 3.8) is 0 Å². The summed E-state index contributed by atoms with van der Waals surface area (Å²) < 4.78 is 13.4. The molecule has 0 spiro atoms. The van der Waals surface area contributed by atoms with Gasteiger partial charge < -0.3 is 29.6 Å². The Kier molecular flexibility index (Phi) is 6.89. The molecule has 204 valence electrons. The molecule has 6 rings (SSSR count). The normalized spacial score (nSPS) is 17.7. The number of ether oxygens (including phenoxy) is 2. The van der Waals surface area contributed by atoms with Gasteiger partial charge in [-0.1, -0.05) is 18.2 Å². The van der Waals surface area contributed by atoms with Crippen molar-refractivity contribution in [1.82, 2.24) is 19.8 Å². The number of thiocarbonyl (C=S) groups is 1. The number of rotatable bonds is 7. The predicted molar refractivity (Wildman–Crippen MR) is 158 cm³/mol. The van der Waals surface area contributed by atoms with Gasteiger partial charge in [0.2, 0.25) is 12.7 Å². The topological polar surface area (TPSA) is 80.7 Å². The van der Waals surface area contributed by atoms with E-state index in [4.69, 9.17) is 21.7 Å². The number of hydrogen-bond donors (Lipinski definition) is 2. The van der Waals surface area contributed by atoms with Crippen LogP contribution in [-0.4, -0.2) is 38.8 Å². The lowest BCUT2D eigenvalue weighted by atomic mass is 9.96. The first-order valence-corrected chi connectivity index (χ1v) is 13.7. The van der Waals surface area contributed by atoms with Gasteiger partial charge in [0.25, 0.3) is 0 Å². The van der Waals surface area contributed by atoms with E-state index in [0.29, 0.717) is 18.1 Å². The Morgan fingerprint density at radius 2 is 1.90 bits per heavy atom. The van der Waals surface area contributed by atoms with Crippen LogP contribution in [0.25, 0.3) is 5.69 Å². The second-order valence-electron chi connectivity index (χ2n) is 10.2. The number of nitrogens with one attached hydrogen (secondary N) is 2. The van der Waals surface area contributed by atoms with Gasteiger partial charge in [0, 0.05) is 48.0 Å². The third kappa shape index (κ3) is 4.88. The zero-order valence-electron chi connectivity index (χ0n) is 22.7. The van der Waals surface area contributed by atoms with E-state index in [-0.39, 0.29) is 24.8 Å². The summed E-state index contributed by atoms with van der Waals surface area (Å²) in [5.74, 6) is 1.43. The highest BCUT2D eigenvalue weighted by molar-refractivity contribution is 7.80. The number of carbonyl (C=O) groups is 1. The highest BCUT2D eigenvalue weighted by Crippen LogP contribution is 2.42. The average Bonchev–Trinajstić information content (AvgIpc) is 3.62. The summed E-state index contributed by atoms with van der Waals surface area (Å²) in [4.78, 5) is 19.7. The van der Waals surface area contributed by atoms with Gasteiger partial charge in [-0.25, -0.2) is 0 Å². The number of carbonyl (C=O) groups excluding carboxylic acids is 1. The van der Waals surface area contributed by atoms with Gasteiger partial charge in [0.05, 0.1) is 17.8 Å². The van der Waals surface area contributed by atoms with Crippen molar-refractivity contribution in [1.29, 1.82) is 0 Å². The van der Waals surface area contributed by atoms with Crippen molar-refractivity contribution >= 4 is 28.9 Å². The van der Waals surface area contributed by atoms with Crippen molar-refractivity contribution in [3.05, 3.63) is 101 Å². The van der Waals surface area contributed by atoms with Gasteiger partial charge in [-0.05, 0) is 86.6 Å². The van der Waals surface area contributed by atoms with Crippen molar-refractivity contribution in [2.75, 3.05) is 18.7 Å². The second-order valence-corrected chi connectivity index (χ2v) is 10.6. The largest absolute Gasteiger partial charge is 0.454 e. The summed E-state index contributed by atoms with van der Waals surface area (Å²) in [6.45, 7) is 6.91. The molecule has 0 aliphatic carbocycles. The second kappa shape index (κ2) is 10.7. The summed E-state index contributed by atoms with van der Waals surface area (Å²) in [5, 5.41) is 7.12. The van der Waals surface area contributed by atoms with E-state index in [2.05, 4.69) is 45.0 Å². The highest BCUT2D eigenvalue weighted by Gasteiger charge is 2.41. The quantitative estimate of drug-likeness (QED) is 0.292. The molecule has 2 atom stereocenters. The van der Waals surface area contributed by atoms with Gasteiger partial charge >= 0.3 is 0 Å². The van der Waals surface area contributed by atoms with Crippen LogP contribution in [0.5, 0.6) is 11.5 Å². The number of nitrogens with zero attached hydrogens (tertiary/aromatic N) is 3. The van der Waals surface area contributed by atoms with Crippen molar-refractivity contribution in [3.8, 4) is 17.2 Å². The van der Waals surface area contributed by atoms with Crippen LogP contribution in [0.15, 0.2) is 72.9 Å². The molecule has 2 aromatic carbocycles. The van der Waals surface area contributed by atoms with Crippen LogP contribution in [0.3, 0.4) is 0 Å². The van der Waals surface area contributed by atoms with Gasteiger partial charge in [0.1, 0.15) is 0 Å². The third-order valence-electron chi connectivity index (χ3n) is 7.48. The predicted octanol–water partition coefficient (Wildman–Crippen LogP) is 5.53. The number of aryl methyl sites for hydroxylation is 2. The summed E-state index contributed by atoms with van der Waals surface area (Å²) >= 11 is 5.84. The number of fused-ring (bicyclic) bond motifs is 1. The number of amides is 1. The van der Waals surface area contributed by atoms with Gasteiger partial charge in [-0.15, -0.1) is 0 Å². The van der Waals surface area contributed by atoms with E-state index in [0.717, 1.165) is 51.1 Å². The lowest BCUT2D eigenvalue weighted by Gasteiger charge is -2.28. The molecule has 0 saturated carbocycles. The number of pyridine rings is 1. The minimum Gasteiger partial charge on any atom is -0.454 e. The Labute approximate surface area is 238 Å². The molecule has 0 unspecified atom stereocenters. The van der Waals surface area contributed by atoms with E-state index < -0.39 is 0 Å². The summed E-state index contributed by atoms with van der Waals surface area (Å²) in [6, 6.07) is 21.6. The molecule has 4 heterocycles. The Balaban J connectivity index is 1.32. The smallest absolute Gasteiger partial charge is 0.231 e. The lowest BCUT2D eigenvalue weighted by molar-refractivity contribution is -0.116. The van der Waals surface area contributed by atoms with E-state index in [1.54, 1.807) is 6.20 Å². The first-order chi connectivity index (χ1) is 19.4. The Morgan fingerprint density at radius 3 is 2.70 bits per heavy atom. The van der Waals surface area contributed by atoms with Crippen LogP contribution in [-0.2, 0) is 4.79 Å². The fraction of sp³-hybridized carbons (Fsp3) is 0.258. The van der Waals surface area contributed by atoms with E-state index in [9.17, 15) is 4.79 Å². The molecule has 2 aromatic heterocycles. The Morgan fingerprint density at radius 1 is 1.05 bits per heavy atom. The minimum atomic E-state index is -0.167. The van der Waals surface area contributed by atoms with Crippen LogP contribution in [0, 0.1) is 20.8 Å². The maximum Gasteiger partial charge on any atom is 0.231 e. The molecule has 2 N–H and O–H groups in total. The molecule has 2 aliphatic heterocycles. The number of aromatic nitrogens is 2. The Hall–Kier alpha value is -4.37. The first-order valence-electron chi connectivity index (χ1n) is 13.3. The molecule has 1 amide bonds. The van der Waals surface area contributed by atoms with Crippen molar-refractivity contribution < 1.29 is 14.3 Å². The van der Waals surface area contributed by atoms with Gasteiger partial charge in [-0.3, -0.25) is 9.78 Å². The van der Waals surface area contributed by atoms with E-state index in [1.165, 1.54) is 0 Å². The van der Waals surface area contributed by atoms with Crippen LogP contribution < -0.4 is 20.1 Å². The molecule has 0 bridgehead atoms.